The van der Waals surface area contributed by atoms with Gasteiger partial charge in [0, 0.05) is 5.02 Å². The molecular weight excluding hydrogens is 224 g/mol. The molecule has 0 fully saturated rings. The van der Waals surface area contributed by atoms with Crippen LogP contribution in [0.4, 0.5) is 0 Å². The van der Waals surface area contributed by atoms with Gasteiger partial charge in [-0.25, -0.2) is 0 Å². The minimum atomic E-state index is -0.211. The summed E-state index contributed by atoms with van der Waals surface area (Å²) >= 11 is 5.92. The van der Waals surface area contributed by atoms with Crippen molar-refractivity contribution in [1.29, 1.82) is 0 Å². The predicted molar refractivity (Wildman–Crippen MR) is 66.5 cm³/mol. The van der Waals surface area contributed by atoms with E-state index >= 15 is 0 Å². The van der Waals surface area contributed by atoms with Crippen LogP contribution in [0.1, 0.15) is 24.5 Å². The molecule has 0 amide bonds. The van der Waals surface area contributed by atoms with Gasteiger partial charge in [0.2, 0.25) is 0 Å². The number of hydrogen-bond donors (Lipinski definition) is 0. The van der Waals surface area contributed by atoms with Crippen LogP contribution in [-0.4, -0.2) is 12.6 Å². The third kappa shape index (κ3) is 4.49. The van der Waals surface area contributed by atoms with Crippen LogP contribution in [-0.2, 0) is 9.53 Å². The number of hydrogen-bond acceptors (Lipinski definition) is 2. The van der Waals surface area contributed by atoms with E-state index in [4.69, 9.17) is 16.3 Å². The van der Waals surface area contributed by atoms with E-state index in [0.29, 0.717) is 18.1 Å². The van der Waals surface area contributed by atoms with Crippen LogP contribution < -0.4 is 0 Å². The molecule has 0 atom stereocenters. The van der Waals surface area contributed by atoms with Crippen molar-refractivity contribution in [2.45, 2.75) is 20.3 Å². The van der Waals surface area contributed by atoms with Gasteiger partial charge in [0.25, 0.3) is 0 Å². The molecular formula is C13H15ClO2. The van der Waals surface area contributed by atoms with Crippen LogP contribution in [0.5, 0.6) is 0 Å². The minimum Gasteiger partial charge on any atom is -0.466 e. The summed E-state index contributed by atoms with van der Waals surface area (Å²) in [5, 5.41) is 0.704. The van der Waals surface area contributed by atoms with Gasteiger partial charge in [0.15, 0.2) is 0 Å². The average molecular weight is 239 g/mol. The maximum atomic E-state index is 11.1. The summed E-state index contributed by atoms with van der Waals surface area (Å²) in [7, 11) is 0. The lowest BCUT2D eigenvalue weighted by atomic mass is 10.1. The second-order valence-electron chi connectivity index (χ2n) is 3.47. The second kappa shape index (κ2) is 6.33. The standard InChI is InChI=1S/C13H15ClO2/c1-3-16-13(15)6-4-5-11-7-10(2)8-12(14)9-11/h4-5,7-9H,3,6H2,1-2H3. The number of rotatable bonds is 4. The minimum absolute atomic E-state index is 0.211. The maximum absolute atomic E-state index is 11.1. The fourth-order valence-corrected chi connectivity index (χ4v) is 1.67. The highest BCUT2D eigenvalue weighted by Crippen LogP contribution is 2.15. The Morgan fingerprint density at radius 3 is 2.81 bits per heavy atom. The molecule has 1 aromatic rings. The Morgan fingerprint density at radius 1 is 1.44 bits per heavy atom. The lowest BCUT2D eigenvalue weighted by Crippen LogP contribution is -2.01. The number of esters is 1. The van der Waals surface area contributed by atoms with Gasteiger partial charge >= 0.3 is 5.97 Å². The Bertz CT molecular complexity index is 377. The quantitative estimate of drug-likeness (QED) is 0.749. The van der Waals surface area contributed by atoms with Crippen LogP contribution in [0.3, 0.4) is 0 Å². The molecule has 0 spiro atoms. The van der Waals surface area contributed by atoms with Crippen LogP contribution in [0.15, 0.2) is 24.3 Å². The second-order valence-corrected chi connectivity index (χ2v) is 3.91. The smallest absolute Gasteiger partial charge is 0.309 e. The summed E-state index contributed by atoms with van der Waals surface area (Å²) in [4.78, 5) is 11.1. The summed E-state index contributed by atoms with van der Waals surface area (Å²) in [6.45, 7) is 4.19. The highest BCUT2D eigenvalue weighted by molar-refractivity contribution is 6.30. The Balaban J connectivity index is 2.59. The molecule has 86 valence electrons. The third-order valence-corrected chi connectivity index (χ3v) is 2.18. The number of aryl methyl sites for hydroxylation is 1. The summed E-state index contributed by atoms with van der Waals surface area (Å²) < 4.78 is 4.81. The third-order valence-electron chi connectivity index (χ3n) is 1.96. The molecule has 0 unspecified atom stereocenters. The van der Waals surface area contributed by atoms with E-state index in [2.05, 4.69) is 0 Å². The topological polar surface area (TPSA) is 26.3 Å². The Kier molecular flexibility index (Phi) is 5.06. The van der Waals surface area contributed by atoms with Crippen LogP contribution >= 0.6 is 11.6 Å². The fraction of sp³-hybridized carbons (Fsp3) is 0.308. The van der Waals surface area contributed by atoms with Crippen molar-refractivity contribution in [2.24, 2.45) is 0 Å². The summed E-state index contributed by atoms with van der Waals surface area (Å²) in [5.74, 6) is -0.211. The van der Waals surface area contributed by atoms with Gasteiger partial charge in [0.1, 0.15) is 0 Å². The first kappa shape index (κ1) is 12.8. The fourth-order valence-electron chi connectivity index (χ4n) is 1.37. The molecule has 0 saturated heterocycles. The van der Waals surface area contributed by atoms with Crippen LogP contribution in [0.2, 0.25) is 5.02 Å². The molecule has 0 aliphatic carbocycles. The Labute approximate surface area is 101 Å². The first-order valence-corrected chi connectivity index (χ1v) is 5.59. The molecule has 0 radical (unpaired) electrons. The van der Waals surface area contributed by atoms with E-state index in [-0.39, 0.29) is 5.97 Å². The number of benzene rings is 1. The van der Waals surface area contributed by atoms with Crippen molar-refractivity contribution in [3.63, 3.8) is 0 Å². The van der Waals surface area contributed by atoms with Crippen molar-refractivity contribution >= 4 is 23.6 Å². The van der Waals surface area contributed by atoms with Gasteiger partial charge in [-0.1, -0.05) is 29.8 Å². The zero-order valence-electron chi connectivity index (χ0n) is 9.50. The van der Waals surface area contributed by atoms with Gasteiger partial charge in [-0.15, -0.1) is 0 Å². The molecule has 0 aliphatic heterocycles. The molecule has 3 heteroatoms. The van der Waals surface area contributed by atoms with Crippen molar-refractivity contribution in [3.8, 4) is 0 Å². The molecule has 16 heavy (non-hydrogen) atoms. The number of ether oxygens (including phenoxy) is 1. The maximum Gasteiger partial charge on any atom is 0.309 e. The highest BCUT2D eigenvalue weighted by Gasteiger charge is 1.97. The van der Waals surface area contributed by atoms with Gasteiger partial charge in [-0.2, -0.15) is 0 Å². The van der Waals surface area contributed by atoms with Crippen molar-refractivity contribution in [1.82, 2.24) is 0 Å². The van der Waals surface area contributed by atoms with Crippen molar-refractivity contribution in [2.75, 3.05) is 6.61 Å². The van der Waals surface area contributed by atoms with E-state index in [1.54, 1.807) is 13.0 Å². The van der Waals surface area contributed by atoms with Gasteiger partial charge < -0.3 is 4.74 Å². The largest absolute Gasteiger partial charge is 0.466 e. The zero-order chi connectivity index (χ0) is 12.0. The molecule has 1 aromatic carbocycles. The van der Waals surface area contributed by atoms with E-state index in [1.807, 2.05) is 31.2 Å². The van der Waals surface area contributed by atoms with E-state index in [9.17, 15) is 4.79 Å². The molecule has 2 nitrogen and oxygen atoms in total. The predicted octanol–water partition coefficient (Wildman–Crippen LogP) is 3.61. The van der Waals surface area contributed by atoms with Gasteiger partial charge in [-0.3, -0.25) is 4.79 Å². The Hall–Kier alpha value is -1.28. The molecule has 1 rings (SSSR count). The molecule has 0 N–H and O–H groups in total. The van der Waals surface area contributed by atoms with Crippen molar-refractivity contribution in [3.05, 3.63) is 40.4 Å². The first-order chi connectivity index (χ1) is 7.61. The lowest BCUT2D eigenvalue weighted by molar-refractivity contribution is -0.142. The monoisotopic (exact) mass is 238 g/mol. The summed E-state index contributed by atoms with van der Waals surface area (Å²) in [6.07, 6.45) is 3.94. The number of carbonyl (C=O) groups excluding carboxylic acids is 1. The number of halogens is 1. The average Bonchev–Trinajstić information content (AvgIpc) is 2.16. The lowest BCUT2D eigenvalue weighted by Gasteiger charge is -1.99. The molecule has 0 saturated carbocycles. The normalized spacial score (nSPS) is 10.7. The zero-order valence-corrected chi connectivity index (χ0v) is 10.3. The molecule has 0 bridgehead atoms. The summed E-state index contributed by atoms with van der Waals surface area (Å²) in [5.41, 5.74) is 2.09. The molecule has 0 aliphatic rings. The first-order valence-electron chi connectivity index (χ1n) is 5.21. The van der Waals surface area contributed by atoms with Gasteiger partial charge in [-0.05, 0) is 37.1 Å². The highest BCUT2D eigenvalue weighted by atomic mass is 35.5. The number of carbonyl (C=O) groups is 1. The van der Waals surface area contributed by atoms with E-state index in [0.717, 1.165) is 11.1 Å². The molecule has 0 heterocycles. The van der Waals surface area contributed by atoms with E-state index in [1.165, 1.54) is 0 Å². The van der Waals surface area contributed by atoms with Crippen LogP contribution in [0, 0.1) is 6.92 Å². The SMILES string of the molecule is CCOC(=O)CC=Cc1cc(C)cc(Cl)c1. The van der Waals surface area contributed by atoms with Crippen molar-refractivity contribution < 1.29 is 9.53 Å². The van der Waals surface area contributed by atoms with Crippen LogP contribution in [0.25, 0.3) is 6.08 Å². The van der Waals surface area contributed by atoms with E-state index < -0.39 is 0 Å². The molecule has 0 aromatic heterocycles. The van der Waals surface area contributed by atoms with Gasteiger partial charge in [0.05, 0.1) is 13.0 Å². The Morgan fingerprint density at radius 2 is 2.19 bits per heavy atom. The summed E-state index contributed by atoms with van der Waals surface area (Å²) in [6, 6.07) is 5.76.